The molecule has 2 aromatic rings. The molecular formula is C17H18N2O4. The van der Waals surface area contributed by atoms with Crippen LogP contribution in [0.2, 0.25) is 0 Å². The fourth-order valence-corrected chi connectivity index (χ4v) is 2.81. The highest BCUT2D eigenvalue weighted by Crippen LogP contribution is 2.35. The third-order valence-electron chi connectivity index (χ3n) is 3.96. The molecule has 0 saturated carbocycles. The second-order valence-electron chi connectivity index (χ2n) is 5.40. The minimum absolute atomic E-state index is 0.0589. The van der Waals surface area contributed by atoms with Crippen LogP contribution in [0.3, 0.4) is 0 Å². The predicted octanol–water partition coefficient (Wildman–Crippen LogP) is 3.14. The summed E-state index contributed by atoms with van der Waals surface area (Å²) in [6.45, 7) is 1.61. The number of anilines is 1. The van der Waals surface area contributed by atoms with E-state index in [1.165, 1.54) is 17.2 Å². The molecule has 2 aromatic carbocycles. The van der Waals surface area contributed by atoms with E-state index in [2.05, 4.69) is 17.0 Å². The highest BCUT2D eigenvalue weighted by molar-refractivity contribution is 5.64. The van der Waals surface area contributed by atoms with Crippen LogP contribution in [0.4, 0.5) is 11.4 Å². The molecule has 3 rings (SSSR count). The Morgan fingerprint density at radius 3 is 2.74 bits per heavy atom. The zero-order valence-electron chi connectivity index (χ0n) is 12.9. The molecule has 1 aliphatic heterocycles. The second kappa shape index (κ2) is 6.66. The molecule has 0 unspecified atom stereocenters. The number of hydrogen-bond acceptors (Lipinski definition) is 5. The molecule has 0 N–H and O–H groups in total. The van der Waals surface area contributed by atoms with E-state index in [-0.39, 0.29) is 17.4 Å². The summed E-state index contributed by atoms with van der Waals surface area (Å²) in [6, 6.07) is 12.9. The first-order valence-electron chi connectivity index (χ1n) is 7.41. The van der Waals surface area contributed by atoms with Gasteiger partial charge < -0.3 is 14.4 Å². The lowest BCUT2D eigenvalue weighted by atomic mass is 9.99. The van der Waals surface area contributed by atoms with Crippen molar-refractivity contribution in [1.82, 2.24) is 0 Å². The Kier molecular flexibility index (Phi) is 4.43. The van der Waals surface area contributed by atoms with E-state index >= 15 is 0 Å². The number of methoxy groups -OCH3 is 1. The number of ether oxygens (including phenoxy) is 2. The Morgan fingerprint density at radius 2 is 2.00 bits per heavy atom. The Balaban J connectivity index is 1.93. The minimum Gasteiger partial charge on any atom is -0.465 e. The number of fused-ring (bicyclic) bond motifs is 1. The predicted molar refractivity (Wildman–Crippen MR) is 86.8 cm³/mol. The van der Waals surface area contributed by atoms with Crippen molar-refractivity contribution in [3.8, 4) is 5.75 Å². The molecule has 0 bridgehead atoms. The zero-order chi connectivity index (χ0) is 16.2. The van der Waals surface area contributed by atoms with E-state index in [4.69, 9.17) is 9.47 Å². The lowest BCUT2D eigenvalue weighted by molar-refractivity contribution is -0.384. The summed E-state index contributed by atoms with van der Waals surface area (Å²) in [5.74, 6) is 0.594. The van der Waals surface area contributed by atoms with Crippen molar-refractivity contribution in [3.63, 3.8) is 0 Å². The first-order valence-corrected chi connectivity index (χ1v) is 7.41. The van der Waals surface area contributed by atoms with Gasteiger partial charge in [-0.2, -0.15) is 0 Å². The van der Waals surface area contributed by atoms with E-state index in [1.807, 2.05) is 12.1 Å². The van der Waals surface area contributed by atoms with Crippen LogP contribution in [0, 0.1) is 10.1 Å². The van der Waals surface area contributed by atoms with E-state index in [0.717, 1.165) is 18.7 Å². The summed E-state index contributed by atoms with van der Waals surface area (Å²) in [4.78, 5) is 12.8. The summed E-state index contributed by atoms with van der Waals surface area (Å²) >= 11 is 0. The van der Waals surface area contributed by atoms with Crippen molar-refractivity contribution in [2.24, 2.45) is 0 Å². The molecule has 0 aliphatic carbocycles. The van der Waals surface area contributed by atoms with Crippen molar-refractivity contribution < 1.29 is 14.4 Å². The lowest BCUT2D eigenvalue weighted by Gasteiger charge is -2.31. The van der Waals surface area contributed by atoms with E-state index in [9.17, 15) is 10.1 Å². The average Bonchev–Trinajstić information content (AvgIpc) is 2.59. The minimum atomic E-state index is -0.387. The van der Waals surface area contributed by atoms with E-state index in [1.54, 1.807) is 19.2 Å². The maximum Gasteiger partial charge on any atom is 0.271 e. The van der Waals surface area contributed by atoms with Crippen LogP contribution in [0.1, 0.15) is 11.1 Å². The number of rotatable bonds is 5. The Hall–Kier alpha value is -2.60. The normalized spacial score (nSPS) is 13.5. The smallest absolute Gasteiger partial charge is 0.271 e. The first kappa shape index (κ1) is 15.3. The summed E-state index contributed by atoms with van der Waals surface area (Å²) in [5, 5.41) is 11.1. The maximum atomic E-state index is 11.1. The standard InChI is InChI=1S/C17H18N2O4/c1-22-12-23-17-7-6-15(19(20)21)10-16(17)18-9-8-13-4-2-3-5-14(13)11-18/h2-7,10H,8-9,11-12H2,1H3. The monoisotopic (exact) mass is 314 g/mol. The molecule has 1 aliphatic rings. The molecule has 1 heterocycles. The molecule has 0 amide bonds. The molecule has 0 radical (unpaired) electrons. The summed E-state index contributed by atoms with van der Waals surface area (Å²) in [6.07, 6.45) is 0.905. The van der Waals surface area contributed by atoms with Crippen molar-refractivity contribution in [1.29, 1.82) is 0 Å². The van der Waals surface area contributed by atoms with Gasteiger partial charge in [-0.3, -0.25) is 10.1 Å². The van der Waals surface area contributed by atoms with Crippen LogP contribution >= 0.6 is 0 Å². The summed E-state index contributed by atoms with van der Waals surface area (Å²) in [5.41, 5.74) is 3.35. The maximum absolute atomic E-state index is 11.1. The molecule has 6 heteroatoms. The van der Waals surface area contributed by atoms with E-state index < -0.39 is 0 Å². The third-order valence-corrected chi connectivity index (χ3v) is 3.96. The van der Waals surface area contributed by atoms with Gasteiger partial charge in [-0.05, 0) is 23.6 Å². The molecule has 120 valence electrons. The quantitative estimate of drug-likeness (QED) is 0.482. The third kappa shape index (κ3) is 3.27. The van der Waals surface area contributed by atoms with Gasteiger partial charge in [-0.1, -0.05) is 24.3 Å². The Labute approximate surface area is 134 Å². The number of hydrogen-bond donors (Lipinski definition) is 0. The molecule has 0 aromatic heterocycles. The number of nitro groups is 1. The summed E-state index contributed by atoms with van der Waals surface area (Å²) in [7, 11) is 1.54. The fourth-order valence-electron chi connectivity index (χ4n) is 2.81. The number of nitrogens with zero attached hydrogens (tertiary/aromatic N) is 2. The Bertz CT molecular complexity index is 717. The van der Waals surface area contributed by atoms with Gasteiger partial charge in [-0.15, -0.1) is 0 Å². The SMILES string of the molecule is COCOc1ccc([N+](=O)[O-])cc1N1CCc2ccccc2C1. The van der Waals surface area contributed by atoms with Gasteiger partial charge in [0.1, 0.15) is 5.75 Å². The van der Waals surface area contributed by atoms with Crippen molar-refractivity contribution in [2.45, 2.75) is 13.0 Å². The molecule has 23 heavy (non-hydrogen) atoms. The number of non-ortho nitro benzene ring substituents is 1. The molecule has 0 spiro atoms. The topological polar surface area (TPSA) is 64.8 Å². The molecule has 0 saturated heterocycles. The number of benzene rings is 2. The van der Waals surface area contributed by atoms with Crippen LogP contribution in [-0.2, 0) is 17.7 Å². The van der Waals surface area contributed by atoms with Gasteiger partial charge in [0.15, 0.2) is 6.79 Å². The van der Waals surface area contributed by atoms with Gasteiger partial charge >= 0.3 is 0 Å². The van der Waals surface area contributed by atoms with E-state index in [0.29, 0.717) is 12.3 Å². The van der Waals surface area contributed by atoms with Gasteiger partial charge in [0, 0.05) is 32.3 Å². The van der Waals surface area contributed by atoms with Crippen LogP contribution < -0.4 is 9.64 Å². The van der Waals surface area contributed by atoms with Gasteiger partial charge in [0.25, 0.3) is 5.69 Å². The fraction of sp³-hybridized carbons (Fsp3) is 0.294. The largest absolute Gasteiger partial charge is 0.465 e. The van der Waals surface area contributed by atoms with Crippen molar-refractivity contribution in [2.75, 3.05) is 25.3 Å². The lowest BCUT2D eigenvalue weighted by Crippen LogP contribution is -2.30. The highest BCUT2D eigenvalue weighted by atomic mass is 16.7. The Morgan fingerprint density at radius 1 is 1.22 bits per heavy atom. The first-order chi connectivity index (χ1) is 11.2. The zero-order valence-corrected chi connectivity index (χ0v) is 12.9. The van der Waals surface area contributed by atoms with Crippen LogP contribution in [-0.4, -0.2) is 25.4 Å². The van der Waals surface area contributed by atoms with Crippen molar-refractivity contribution in [3.05, 3.63) is 63.7 Å². The second-order valence-corrected chi connectivity index (χ2v) is 5.40. The van der Waals surface area contributed by atoms with Crippen LogP contribution in [0.25, 0.3) is 0 Å². The van der Waals surface area contributed by atoms with Crippen LogP contribution in [0.15, 0.2) is 42.5 Å². The van der Waals surface area contributed by atoms with Gasteiger partial charge in [-0.25, -0.2) is 0 Å². The van der Waals surface area contributed by atoms with Gasteiger partial charge in [0.05, 0.1) is 10.6 Å². The highest BCUT2D eigenvalue weighted by Gasteiger charge is 2.21. The molecule has 0 fully saturated rings. The van der Waals surface area contributed by atoms with Gasteiger partial charge in [0.2, 0.25) is 0 Å². The van der Waals surface area contributed by atoms with Crippen LogP contribution in [0.5, 0.6) is 5.75 Å². The molecule has 0 atom stereocenters. The number of nitro benzene ring substituents is 1. The molecule has 6 nitrogen and oxygen atoms in total. The molecular weight excluding hydrogens is 296 g/mol. The average molecular weight is 314 g/mol. The van der Waals surface area contributed by atoms with Crippen molar-refractivity contribution >= 4 is 11.4 Å². The summed E-state index contributed by atoms with van der Waals surface area (Å²) < 4.78 is 10.5.